The van der Waals surface area contributed by atoms with Gasteiger partial charge in [-0.1, -0.05) is 22.0 Å². The number of hydrogen-bond acceptors (Lipinski definition) is 3. The van der Waals surface area contributed by atoms with Gasteiger partial charge < -0.3 is 10.6 Å². The Morgan fingerprint density at radius 1 is 1.13 bits per heavy atom. The van der Waals surface area contributed by atoms with Gasteiger partial charge in [0.25, 0.3) is 0 Å². The number of hydrogen-bond donors (Lipinski definition) is 2. The molecule has 2 N–H and O–H groups in total. The summed E-state index contributed by atoms with van der Waals surface area (Å²) < 4.78 is 0.947. The second-order valence-corrected chi connectivity index (χ2v) is 5.60. The van der Waals surface area contributed by atoms with Crippen LogP contribution < -0.4 is 10.6 Å². The van der Waals surface area contributed by atoms with E-state index >= 15 is 0 Å². The number of amides is 2. The topological polar surface area (TPSA) is 71.1 Å². The van der Waals surface area contributed by atoms with Crippen LogP contribution in [0.25, 0.3) is 6.08 Å². The average Bonchev–Trinajstić information content (AvgIpc) is 2.56. The predicted octanol–water partition coefficient (Wildman–Crippen LogP) is 3.00. The van der Waals surface area contributed by atoms with Gasteiger partial charge in [0.05, 0.1) is 5.69 Å². The number of benzene rings is 1. The molecule has 2 amide bonds. The molecule has 0 aliphatic carbocycles. The number of nitrogens with zero attached hydrogens (tertiary/aromatic N) is 1. The molecule has 0 bridgehead atoms. The fourth-order valence-electron chi connectivity index (χ4n) is 1.75. The maximum absolute atomic E-state index is 11.8. The lowest BCUT2D eigenvalue weighted by atomic mass is 10.3. The summed E-state index contributed by atoms with van der Waals surface area (Å²) in [5.41, 5.74) is 1.43. The SMILES string of the molecule is O=C(/C=C/c1ccccn1)NCCC(=O)Nc1ccc(Br)cc1. The first-order chi connectivity index (χ1) is 11.1. The molecule has 0 saturated carbocycles. The van der Waals surface area contributed by atoms with Gasteiger partial charge in [0.15, 0.2) is 0 Å². The first kappa shape index (κ1) is 16.9. The molecule has 23 heavy (non-hydrogen) atoms. The minimum Gasteiger partial charge on any atom is -0.352 e. The molecular formula is C17H16BrN3O2. The number of halogens is 1. The molecule has 6 heteroatoms. The fraction of sp³-hybridized carbons (Fsp3) is 0.118. The molecule has 0 fully saturated rings. The van der Waals surface area contributed by atoms with Crippen molar-refractivity contribution in [2.24, 2.45) is 0 Å². The summed E-state index contributed by atoms with van der Waals surface area (Å²) in [5, 5.41) is 5.42. The first-order valence-electron chi connectivity index (χ1n) is 7.06. The Labute approximate surface area is 142 Å². The highest BCUT2D eigenvalue weighted by molar-refractivity contribution is 9.10. The number of aromatic nitrogens is 1. The third-order valence-corrected chi connectivity index (χ3v) is 3.40. The van der Waals surface area contributed by atoms with E-state index in [1.165, 1.54) is 6.08 Å². The molecule has 1 aromatic carbocycles. The van der Waals surface area contributed by atoms with Crippen molar-refractivity contribution in [3.8, 4) is 0 Å². The highest BCUT2D eigenvalue weighted by Crippen LogP contribution is 2.14. The first-order valence-corrected chi connectivity index (χ1v) is 7.85. The molecule has 0 aliphatic rings. The number of anilines is 1. The van der Waals surface area contributed by atoms with Crippen molar-refractivity contribution in [1.29, 1.82) is 0 Å². The standard InChI is InChI=1S/C17H16BrN3O2/c18-13-4-6-15(7-5-13)21-17(23)10-12-20-16(22)9-8-14-3-1-2-11-19-14/h1-9,11H,10,12H2,(H,20,22)(H,21,23)/b9-8+. The van der Waals surface area contributed by atoms with E-state index in [-0.39, 0.29) is 24.8 Å². The van der Waals surface area contributed by atoms with E-state index < -0.39 is 0 Å². The van der Waals surface area contributed by atoms with Gasteiger partial charge in [-0.3, -0.25) is 14.6 Å². The Balaban J connectivity index is 1.69. The quantitative estimate of drug-likeness (QED) is 0.764. The third kappa shape index (κ3) is 6.44. The minimum atomic E-state index is -0.257. The Morgan fingerprint density at radius 2 is 1.91 bits per heavy atom. The van der Waals surface area contributed by atoms with Crippen LogP contribution in [-0.2, 0) is 9.59 Å². The summed E-state index contributed by atoms with van der Waals surface area (Å²) in [6.45, 7) is 0.272. The molecule has 2 rings (SSSR count). The van der Waals surface area contributed by atoms with E-state index in [2.05, 4.69) is 31.5 Å². The largest absolute Gasteiger partial charge is 0.352 e. The highest BCUT2D eigenvalue weighted by atomic mass is 79.9. The average molecular weight is 374 g/mol. The minimum absolute atomic E-state index is 0.152. The number of carbonyl (C=O) groups excluding carboxylic acids is 2. The fourth-order valence-corrected chi connectivity index (χ4v) is 2.01. The zero-order valence-corrected chi connectivity index (χ0v) is 13.9. The van der Waals surface area contributed by atoms with Gasteiger partial charge in [-0.2, -0.15) is 0 Å². The van der Waals surface area contributed by atoms with Crippen LogP contribution in [-0.4, -0.2) is 23.3 Å². The van der Waals surface area contributed by atoms with Crippen LogP contribution in [0.15, 0.2) is 59.2 Å². The van der Waals surface area contributed by atoms with Crippen LogP contribution in [0.1, 0.15) is 12.1 Å². The van der Waals surface area contributed by atoms with Crippen molar-refractivity contribution in [1.82, 2.24) is 10.3 Å². The molecule has 0 atom stereocenters. The summed E-state index contributed by atoms with van der Waals surface area (Å²) in [4.78, 5) is 27.5. The maximum atomic E-state index is 11.8. The zero-order chi connectivity index (χ0) is 16.5. The normalized spacial score (nSPS) is 10.5. The molecule has 5 nitrogen and oxygen atoms in total. The molecule has 0 spiro atoms. The highest BCUT2D eigenvalue weighted by Gasteiger charge is 2.03. The maximum Gasteiger partial charge on any atom is 0.244 e. The summed E-state index contributed by atoms with van der Waals surface area (Å²) in [6, 6.07) is 12.7. The van der Waals surface area contributed by atoms with Crippen molar-refractivity contribution >= 4 is 39.5 Å². The van der Waals surface area contributed by atoms with E-state index in [4.69, 9.17) is 0 Å². The molecule has 0 saturated heterocycles. The van der Waals surface area contributed by atoms with Gasteiger partial charge in [-0.15, -0.1) is 0 Å². The Bertz CT molecular complexity index is 685. The van der Waals surface area contributed by atoms with Crippen LogP contribution in [0.2, 0.25) is 0 Å². The molecule has 118 valence electrons. The number of carbonyl (C=O) groups is 2. The van der Waals surface area contributed by atoms with E-state index in [0.29, 0.717) is 5.69 Å². The van der Waals surface area contributed by atoms with Crippen LogP contribution in [0.5, 0.6) is 0 Å². The number of nitrogens with one attached hydrogen (secondary N) is 2. The molecular weight excluding hydrogens is 358 g/mol. The summed E-state index contributed by atoms with van der Waals surface area (Å²) in [6.07, 6.45) is 4.88. The number of rotatable bonds is 6. The van der Waals surface area contributed by atoms with E-state index in [9.17, 15) is 9.59 Å². The summed E-state index contributed by atoms with van der Waals surface area (Å²) in [7, 11) is 0. The van der Waals surface area contributed by atoms with Gasteiger partial charge in [-0.05, 0) is 42.5 Å². The van der Waals surface area contributed by atoms with Crippen LogP contribution in [0, 0.1) is 0 Å². The summed E-state index contributed by atoms with van der Waals surface area (Å²) >= 11 is 3.33. The van der Waals surface area contributed by atoms with Crippen molar-refractivity contribution in [2.75, 3.05) is 11.9 Å². The third-order valence-electron chi connectivity index (χ3n) is 2.87. The van der Waals surface area contributed by atoms with Crippen molar-refractivity contribution in [3.63, 3.8) is 0 Å². The second kappa shape index (κ2) is 8.85. The Morgan fingerprint density at radius 3 is 2.61 bits per heavy atom. The molecule has 2 aromatic rings. The lowest BCUT2D eigenvalue weighted by molar-refractivity contribution is -0.117. The second-order valence-electron chi connectivity index (χ2n) is 4.68. The van der Waals surface area contributed by atoms with E-state index in [0.717, 1.165) is 10.2 Å². The van der Waals surface area contributed by atoms with Gasteiger partial charge in [0.2, 0.25) is 11.8 Å². The molecule has 0 unspecified atom stereocenters. The lowest BCUT2D eigenvalue weighted by Crippen LogP contribution is -2.26. The number of pyridine rings is 1. The van der Waals surface area contributed by atoms with Gasteiger partial charge in [0.1, 0.15) is 0 Å². The lowest BCUT2D eigenvalue weighted by Gasteiger charge is -2.05. The molecule has 0 radical (unpaired) electrons. The monoisotopic (exact) mass is 373 g/mol. The zero-order valence-electron chi connectivity index (χ0n) is 12.3. The Hall–Kier alpha value is -2.47. The summed E-state index contributed by atoms with van der Waals surface area (Å²) in [5.74, 6) is -0.409. The van der Waals surface area contributed by atoms with Gasteiger partial charge in [-0.25, -0.2) is 0 Å². The van der Waals surface area contributed by atoms with E-state index in [1.807, 2.05) is 18.2 Å². The molecule has 1 aromatic heterocycles. The van der Waals surface area contributed by atoms with Crippen LogP contribution in [0.3, 0.4) is 0 Å². The van der Waals surface area contributed by atoms with Gasteiger partial charge >= 0.3 is 0 Å². The van der Waals surface area contributed by atoms with Crippen molar-refractivity contribution in [3.05, 3.63) is 64.9 Å². The van der Waals surface area contributed by atoms with Gasteiger partial charge in [0, 0.05) is 35.4 Å². The molecule has 0 aliphatic heterocycles. The van der Waals surface area contributed by atoms with Crippen LogP contribution in [0.4, 0.5) is 5.69 Å². The van der Waals surface area contributed by atoms with Crippen molar-refractivity contribution in [2.45, 2.75) is 6.42 Å². The molecule has 1 heterocycles. The van der Waals surface area contributed by atoms with E-state index in [1.54, 1.807) is 36.5 Å². The van der Waals surface area contributed by atoms with Crippen molar-refractivity contribution < 1.29 is 9.59 Å². The predicted molar refractivity (Wildman–Crippen MR) is 93.7 cm³/mol. The smallest absolute Gasteiger partial charge is 0.244 e. The van der Waals surface area contributed by atoms with Crippen LogP contribution >= 0.6 is 15.9 Å². The Kier molecular flexibility index (Phi) is 6.50.